The number of carbonyl (C=O) groups excluding carboxylic acids is 2. The lowest BCUT2D eigenvalue weighted by molar-refractivity contribution is -0.254. The molecule has 0 amide bonds. The highest BCUT2D eigenvalue weighted by Crippen LogP contribution is 2.20. The Morgan fingerprint density at radius 1 is 1.22 bits per heavy atom. The Morgan fingerprint density at radius 3 is 2.50 bits per heavy atom. The number of rotatable bonds is 4. The third kappa shape index (κ3) is 2.75. The van der Waals surface area contributed by atoms with Crippen molar-refractivity contribution in [2.75, 3.05) is 0 Å². The second-order valence-corrected chi connectivity index (χ2v) is 5.65. The molecule has 0 aromatic carbocycles. The fraction of sp³-hybridized carbons (Fsp3) is 0.0769. The largest absolute Gasteiger partial charge is 0.544 e. The van der Waals surface area contributed by atoms with Crippen molar-refractivity contribution in [1.82, 2.24) is 0 Å². The van der Waals surface area contributed by atoms with Gasteiger partial charge in [-0.15, -0.1) is 22.7 Å². The molecule has 0 N–H and O–H groups in total. The lowest BCUT2D eigenvalue weighted by Gasteiger charge is -1.93. The van der Waals surface area contributed by atoms with Crippen LogP contribution >= 0.6 is 22.7 Å². The maximum Gasteiger partial charge on any atom is 0.195 e. The highest BCUT2D eigenvalue weighted by Gasteiger charge is 2.07. The van der Waals surface area contributed by atoms with Gasteiger partial charge in [0.1, 0.15) is 0 Å². The van der Waals surface area contributed by atoms with Crippen LogP contribution in [0.2, 0.25) is 0 Å². The second kappa shape index (κ2) is 5.29. The fourth-order valence-corrected chi connectivity index (χ4v) is 2.95. The lowest BCUT2D eigenvalue weighted by Crippen LogP contribution is -2.20. The molecule has 5 heteroatoms. The standard InChI is InChI=1S/C13H10O3S2/c1-8-6-7-17-10(8)3-2-9(14)11-4-5-12(18-11)13(15)16/h2-7H,1H3,(H,15,16)/p-1/b3-2+. The Morgan fingerprint density at radius 2 is 1.94 bits per heavy atom. The van der Waals surface area contributed by atoms with Crippen LogP contribution in [0.1, 0.15) is 29.8 Å². The zero-order valence-corrected chi connectivity index (χ0v) is 11.1. The van der Waals surface area contributed by atoms with Crippen LogP contribution in [-0.4, -0.2) is 11.8 Å². The molecule has 0 bridgehead atoms. The van der Waals surface area contributed by atoms with E-state index in [0.717, 1.165) is 21.8 Å². The minimum Gasteiger partial charge on any atom is -0.544 e. The van der Waals surface area contributed by atoms with Gasteiger partial charge in [-0.25, -0.2) is 0 Å². The monoisotopic (exact) mass is 277 g/mol. The molecule has 0 aliphatic heterocycles. The molecular weight excluding hydrogens is 268 g/mol. The highest BCUT2D eigenvalue weighted by molar-refractivity contribution is 7.16. The summed E-state index contributed by atoms with van der Waals surface area (Å²) >= 11 is 2.49. The molecule has 2 heterocycles. The van der Waals surface area contributed by atoms with Crippen molar-refractivity contribution in [3.05, 3.63) is 49.9 Å². The van der Waals surface area contributed by atoms with Crippen LogP contribution in [0.15, 0.2) is 29.7 Å². The molecule has 2 rings (SSSR count). The summed E-state index contributed by atoms with van der Waals surface area (Å²) in [6.07, 6.45) is 3.21. The molecule has 0 spiro atoms. The molecule has 2 aromatic heterocycles. The van der Waals surface area contributed by atoms with Crippen LogP contribution < -0.4 is 5.11 Å². The molecule has 0 radical (unpaired) electrons. The van der Waals surface area contributed by atoms with Crippen molar-refractivity contribution in [1.29, 1.82) is 0 Å². The Labute approximate surface area is 112 Å². The van der Waals surface area contributed by atoms with Crippen LogP contribution in [0, 0.1) is 6.92 Å². The Bertz CT molecular complexity index is 620. The zero-order valence-electron chi connectivity index (χ0n) is 9.51. The highest BCUT2D eigenvalue weighted by atomic mass is 32.1. The van der Waals surface area contributed by atoms with Gasteiger partial charge in [0, 0.05) is 4.88 Å². The number of carboxylic acid groups (broad SMARTS) is 1. The van der Waals surface area contributed by atoms with Gasteiger partial charge in [0.15, 0.2) is 5.78 Å². The number of carbonyl (C=O) groups is 2. The first-order valence-electron chi connectivity index (χ1n) is 5.15. The van der Waals surface area contributed by atoms with E-state index in [1.54, 1.807) is 17.4 Å². The smallest absolute Gasteiger partial charge is 0.195 e. The van der Waals surface area contributed by atoms with Crippen molar-refractivity contribution in [2.24, 2.45) is 0 Å². The van der Waals surface area contributed by atoms with E-state index in [2.05, 4.69) is 0 Å². The molecule has 2 aromatic rings. The number of hydrogen-bond donors (Lipinski definition) is 0. The van der Waals surface area contributed by atoms with E-state index in [-0.39, 0.29) is 10.7 Å². The fourth-order valence-electron chi connectivity index (χ4n) is 1.37. The first-order chi connectivity index (χ1) is 8.58. The van der Waals surface area contributed by atoms with Crippen molar-refractivity contribution in [3.63, 3.8) is 0 Å². The van der Waals surface area contributed by atoms with Crippen molar-refractivity contribution >= 4 is 40.5 Å². The molecule has 0 unspecified atom stereocenters. The summed E-state index contributed by atoms with van der Waals surface area (Å²) in [5, 5.41) is 12.6. The van der Waals surface area contributed by atoms with Crippen molar-refractivity contribution in [2.45, 2.75) is 6.92 Å². The number of thiophene rings is 2. The van der Waals surface area contributed by atoms with Crippen LogP contribution in [0.5, 0.6) is 0 Å². The third-order valence-corrected chi connectivity index (χ3v) is 4.40. The Balaban J connectivity index is 2.14. The minimum absolute atomic E-state index is 0.0686. The predicted molar refractivity (Wildman–Crippen MR) is 71.1 cm³/mol. The van der Waals surface area contributed by atoms with Crippen LogP contribution in [0.3, 0.4) is 0 Å². The van der Waals surface area contributed by atoms with E-state index >= 15 is 0 Å². The maximum atomic E-state index is 11.8. The maximum absolute atomic E-state index is 11.8. The molecule has 3 nitrogen and oxygen atoms in total. The molecule has 18 heavy (non-hydrogen) atoms. The molecular formula is C13H9O3S2-. The zero-order chi connectivity index (χ0) is 13.1. The average Bonchev–Trinajstić information content (AvgIpc) is 2.94. The molecule has 0 atom stereocenters. The number of carboxylic acids is 1. The summed E-state index contributed by atoms with van der Waals surface area (Å²) in [6.45, 7) is 1.97. The number of aromatic carboxylic acids is 1. The first kappa shape index (κ1) is 12.7. The van der Waals surface area contributed by atoms with Gasteiger partial charge >= 0.3 is 0 Å². The van der Waals surface area contributed by atoms with Crippen LogP contribution in [-0.2, 0) is 0 Å². The third-order valence-electron chi connectivity index (χ3n) is 2.34. The number of hydrogen-bond acceptors (Lipinski definition) is 5. The van der Waals surface area contributed by atoms with Gasteiger partial charge in [0.05, 0.1) is 15.7 Å². The summed E-state index contributed by atoms with van der Waals surface area (Å²) in [4.78, 5) is 23.9. The van der Waals surface area contributed by atoms with E-state index in [1.807, 2.05) is 18.4 Å². The van der Waals surface area contributed by atoms with Crippen LogP contribution in [0.4, 0.5) is 0 Å². The van der Waals surface area contributed by atoms with Gasteiger partial charge in [-0.2, -0.15) is 0 Å². The Hall–Kier alpha value is -1.72. The molecule has 0 fully saturated rings. The molecule has 0 aliphatic rings. The molecule has 0 aliphatic carbocycles. The van der Waals surface area contributed by atoms with Gasteiger partial charge in [-0.05, 0) is 48.2 Å². The van der Waals surface area contributed by atoms with Crippen LogP contribution in [0.25, 0.3) is 6.08 Å². The van der Waals surface area contributed by atoms with E-state index in [4.69, 9.17) is 0 Å². The lowest BCUT2D eigenvalue weighted by atomic mass is 10.2. The molecule has 92 valence electrons. The first-order valence-corrected chi connectivity index (χ1v) is 6.85. The van der Waals surface area contributed by atoms with E-state index in [1.165, 1.54) is 18.2 Å². The van der Waals surface area contributed by atoms with E-state index in [0.29, 0.717) is 4.88 Å². The SMILES string of the molecule is Cc1ccsc1/C=C/C(=O)c1ccc(C(=O)[O-])s1. The summed E-state index contributed by atoms with van der Waals surface area (Å²) < 4.78 is 0. The summed E-state index contributed by atoms with van der Waals surface area (Å²) in [5.41, 5.74) is 1.12. The summed E-state index contributed by atoms with van der Waals surface area (Å²) in [6, 6.07) is 4.87. The van der Waals surface area contributed by atoms with Gasteiger partial charge < -0.3 is 9.90 Å². The summed E-state index contributed by atoms with van der Waals surface area (Å²) in [5.74, 6) is -1.45. The van der Waals surface area contributed by atoms with E-state index < -0.39 is 5.97 Å². The van der Waals surface area contributed by atoms with Gasteiger partial charge in [-0.3, -0.25) is 4.79 Å². The second-order valence-electron chi connectivity index (χ2n) is 3.62. The van der Waals surface area contributed by atoms with E-state index in [9.17, 15) is 14.7 Å². The number of allylic oxidation sites excluding steroid dienone is 1. The van der Waals surface area contributed by atoms with Crippen molar-refractivity contribution < 1.29 is 14.7 Å². The predicted octanol–water partition coefficient (Wildman–Crippen LogP) is 2.38. The van der Waals surface area contributed by atoms with Gasteiger partial charge in [-0.1, -0.05) is 0 Å². The quantitative estimate of drug-likeness (QED) is 0.637. The van der Waals surface area contributed by atoms with Gasteiger partial charge in [0.25, 0.3) is 0 Å². The average molecular weight is 277 g/mol. The minimum atomic E-state index is -1.25. The number of aryl methyl sites for hydroxylation is 1. The van der Waals surface area contributed by atoms with Crippen molar-refractivity contribution in [3.8, 4) is 0 Å². The number of ketones is 1. The normalized spacial score (nSPS) is 10.9. The molecule has 0 saturated heterocycles. The summed E-state index contributed by atoms with van der Waals surface area (Å²) in [7, 11) is 0. The van der Waals surface area contributed by atoms with Gasteiger partial charge in [0.2, 0.25) is 0 Å². The topological polar surface area (TPSA) is 57.2 Å². The Kier molecular flexibility index (Phi) is 3.74. The molecule has 0 saturated carbocycles.